The smallest absolute Gasteiger partial charge is 0.262 e. The van der Waals surface area contributed by atoms with Crippen molar-refractivity contribution in [2.45, 2.75) is 9.92 Å². The molecule has 0 atom stereocenters. The predicted molar refractivity (Wildman–Crippen MR) is 41.6 cm³/mol. The number of pyridine rings is 1. The SMILES string of the molecule is O=c1[nH]c(S)ccc1S. The molecule has 0 unspecified atom stereocenters. The summed E-state index contributed by atoms with van der Waals surface area (Å²) in [5.41, 5.74) is -0.203. The van der Waals surface area contributed by atoms with Crippen LogP contribution in [0.5, 0.6) is 0 Å². The highest BCUT2D eigenvalue weighted by molar-refractivity contribution is 7.80. The third kappa shape index (κ3) is 1.53. The van der Waals surface area contributed by atoms with Gasteiger partial charge in [0.15, 0.2) is 0 Å². The van der Waals surface area contributed by atoms with Gasteiger partial charge in [-0.1, -0.05) is 0 Å². The van der Waals surface area contributed by atoms with Crippen molar-refractivity contribution in [1.29, 1.82) is 0 Å². The normalized spacial score (nSPS) is 9.56. The molecule has 0 aromatic carbocycles. The average molecular weight is 159 g/mol. The summed E-state index contributed by atoms with van der Waals surface area (Å²) in [6.07, 6.45) is 0. The lowest BCUT2D eigenvalue weighted by molar-refractivity contribution is 1.03. The lowest BCUT2D eigenvalue weighted by Gasteiger charge is -1.89. The van der Waals surface area contributed by atoms with Crippen LogP contribution in [0.15, 0.2) is 26.8 Å². The topological polar surface area (TPSA) is 32.9 Å². The zero-order valence-electron chi connectivity index (χ0n) is 4.46. The van der Waals surface area contributed by atoms with Crippen molar-refractivity contribution in [2.75, 3.05) is 0 Å². The van der Waals surface area contributed by atoms with Crippen LogP contribution in [0.2, 0.25) is 0 Å². The van der Waals surface area contributed by atoms with Gasteiger partial charge in [0, 0.05) is 0 Å². The largest absolute Gasteiger partial charge is 0.316 e. The highest BCUT2D eigenvalue weighted by Gasteiger charge is 1.90. The second-order valence-corrected chi connectivity index (χ2v) is 2.52. The monoisotopic (exact) mass is 159 g/mol. The van der Waals surface area contributed by atoms with Crippen LogP contribution in [0.4, 0.5) is 0 Å². The van der Waals surface area contributed by atoms with Crippen molar-refractivity contribution >= 4 is 25.3 Å². The van der Waals surface area contributed by atoms with Gasteiger partial charge in [0.2, 0.25) is 0 Å². The molecule has 0 fully saturated rings. The zero-order chi connectivity index (χ0) is 6.85. The minimum absolute atomic E-state index is 0.203. The Labute approximate surface area is 63.1 Å². The van der Waals surface area contributed by atoms with Gasteiger partial charge < -0.3 is 4.98 Å². The van der Waals surface area contributed by atoms with Crippen LogP contribution >= 0.6 is 25.3 Å². The van der Waals surface area contributed by atoms with E-state index in [4.69, 9.17) is 0 Å². The fourth-order valence-corrected chi connectivity index (χ4v) is 0.762. The van der Waals surface area contributed by atoms with Crippen molar-refractivity contribution in [2.24, 2.45) is 0 Å². The number of rotatable bonds is 0. The molecule has 2 nitrogen and oxygen atoms in total. The molecule has 1 aromatic heterocycles. The number of thiol groups is 2. The van der Waals surface area contributed by atoms with E-state index in [1.165, 1.54) is 0 Å². The second kappa shape index (κ2) is 2.49. The second-order valence-electron chi connectivity index (χ2n) is 1.56. The van der Waals surface area contributed by atoms with Crippen molar-refractivity contribution in [3.8, 4) is 0 Å². The average Bonchev–Trinajstić information content (AvgIpc) is 1.80. The minimum atomic E-state index is -0.203. The molecule has 0 spiro atoms. The maximum Gasteiger partial charge on any atom is 0.262 e. The molecule has 1 heterocycles. The van der Waals surface area contributed by atoms with E-state index in [1.807, 2.05) is 0 Å². The molecule has 0 bridgehead atoms. The van der Waals surface area contributed by atoms with E-state index in [1.54, 1.807) is 12.1 Å². The lowest BCUT2D eigenvalue weighted by atomic mass is 10.5. The standard InChI is InChI=1S/C5H5NOS2/c7-5-3(8)1-2-4(9)6-5/h1-2,8H,(H2,6,7,9). The van der Waals surface area contributed by atoms with Gasteiger partial charge in [0.05, 0.1) is 9.92 Å². The fourth-order valence-electron chi connectivity index (χ4n) is 0.456. The first-order valence-electron chi connectivity index (χ1n) is 2.31. The summed E-state index contributed by atoms with van der Waals surface area (Å²) >= 11 is 7.78. The van der Waals surface area contributed by atoms with E-state index in [0.717, 1.165) is 0 Å². The molecule has 0 saturated heterocycles. The maximum atomic E-state index is 10.7. The van der Waals surface area contributed by atoms with Gasteiger partial charge in [-0.15, -0.1) is 25.3 Å². The number of aromatic nitrogens is 1. The van der Waals surface area contributed by atoms with Crippen LogP contribution in [-0.4, -0.2) is 4.98 Å². The first-order valence-corrected chi connectivity index (χ1v) is 3.21. The molecule has 0 aliphatic heterocycles. The molecular formula is C5H5NOS2. The third-order valence-corrected chi connectivity index (χ3v) is 1.49. The molecule has 48 valence electrons. The summed E-state index contributed by atoms with van der Waals surface area (Å²) in [7, 11) is 0. The van der Waals surface area contributed by atoms with Gasteiger partial charge in [-0.2, -0.15) is 0 Å². The van der Waals surface area contributed by atoms with Crippen LogP contribution in [0.1, 0.15) is 0 Å². The first kappa shape index (κ1) is 6.77. The molecule has 0 amide bonds. The molecule has 0 aliphatic rings. The third-order valence-electron chi connectivity index (χ3n) is 0.873. The number of hydrogen-bond acceptors (Lipinski definition) is 3. The summed E-state index contributed by atoms with van der Waals surface area (Å²) < 4.78 is 0. The minimum Gasteiger partial charge on any atom is -0.316 e. The van der Waals surface area contributed by atoms with Crippen LogP contribution in [0, 0.1) is 0 Å². The molecular weight excluding hydrogens is 154 g/mol. The van der Waals surface area contributed by atoms with Gasteiger partial charge in [-0.25, -0.2) is 0 Å². The summed E-state index contributed by atoms with van der Waals surface area (Å²) in [5, 5.41) is 0.554. The van der Waals surface area contributed by atoms with Gasteiger partial charge in [0.1, 0.15) is 0 Å². The Bertz CT molecular complexity index is 268. The molecule has 1 N–H and O–H groups in total. The quantitative estimate of drug-likeness (QED) is 0.484. The summed E-state index contributed by atoms with van der Waals surface area (Å²) in [6.45, 7) is 0. The highest BCUT2D eigenvalue weighted by atomic mass is 32.1. The Hall–Kier alpha value is -0.350. The van der Waals surface area contributed by atoms with E-state index >= 15 is 0 Å². The molecule has 0 aliphatic carbocycles. The Morgan fingerprint density at radius 2 is 2.00 bits per heavy atom. The van der Waals surface area contributed by atoms with Gasteiger partial charge in [-0.3, -0.25) is 4.79 Å². The number of hydrogen-bond donors (Lipinski definition) is 3. The van der Waals surface area contributed by atoms with Crippen molar-refractivity contribution in [3.63, 3.8) is 0 Å². The van der Waals surface area contributed by atoms with Crippen molar-refractivity contribution < 1.29 is 0 Å². The van der Waals surface area contributed by atoms with E-state index in [9.17, 15) is 4.79 Å². The van der Waals surface area contributed by atoms with Crippen LogP contribution in [0.25, 0.3) is 0 Å². The molecule has 4 heteroatoms. The maximum absolute atomic E-state index is 10.7. The Morgan fingerprint density at radius 3 is 2.44 bits per heavy atom. The van der Waals surface area contributed by atoms with E-state index in [-0.39, 0.29) is 5.56 Å². The molecule has 0 radical (unpaired) electrons. The first-order chi connectivity index (χ1) is 4.20. The predicted octanol–water partition coefficient (Wildman–Crippen LogP) is 0.952. The van der Waals surface area contributed by atoms with E-state index in [2.05, 4.69) is 30.2 Å². The lowest BCUT2D eigenvalue weighted by Crippen LogP contribution is -2.05. The van der Waals surface area contributed by atoms with Crippen LogP contribution in [-0.2, 0) is 0 Å². The van der Waals surface area contributed by atoms with E-state index in [0.29, 0.717) is 9.92 Å². The van der Waals surface area contributed by atoms with Crippen molar-refractivity contribution in [1.82, 2.24) is 4.98 Å². The molecule has 0 saturated carbocycles. The molecule has 1 rings (SSSR count). The number of H-pyrrole nitrogens is 1. The Kier molecular flexibility index (Phi) is 1.87. The fraction of sp³-hybridized carbons (Fsp3) is 0. The summed E-state index contributed by atoms with van der Waals surface area (Å²) in [5.74, 6) is 0. The molecule has 9 heavy (non-hydrogen) atoms. The van der Waals surface area contributed by atoms with Crippen LogP contribution in [0.3, 0.4) is 0 Å². The zero-order valence-corrected chi connectivity index (χ0v) is 6.25. The Morgan fingerprint density at radius 1 is 1.33 bits per heavy atom. The Balaban J connectivity index is 3.34. The highest BCUT2D eigenvalue weighted by Crippen LogP contribution is 2.00. The van der Waals surface area contributed by atoms with Gasteiger partial charge in [-0.05, 0) is 12.1 Å². The summed E-state index contributed by atoms with van der Waals surface area (Å²) in [6, 6.07) is 3.27. The van der Waals surface area contributed by atoms with Gasteiger partial charge in [0.25, 0.3) is 5.56 Å². The summed E-state index contributed by atoms with van der Waals surface area (Å²) in [4.78, 5) is 13.5. The van der Waals surface area contributed by atoms with Crippen molar-refractivity contribution in [3.05, 3.63) is 22.5 Å². The molecule has 1 aromatic rings. The number of aromatic amines is 1. The number of nitrogens with one attached hydrogen (secondary N) is 1. The van der Waals surface area contributed by atoms with Gasteiger partial charge >= 0.3 is 0 Å². The van der Waals surface area contributed by atoms with Crippen LogP contribution < -0.4 is 5.56 Å². The van der Waals surface area contributed by atoms with E-state index < -0.39 is 0 Å².